The number of aliphatic carboxylic acids is 1. The molecule has 6 fully saturated rings. The molecule has 22 nitrogen and oxygen atoms in total. The highest BCUT2D eigenvalue weighted by Gasteiger charge is 2.68. The number of nitrogens with one attached hydrogen (secondary N) is 6. The van der Waals surface area contributed by atoms with Crippen LogP contribution in [0.2, 0.25) is 5.82 Å². The van der Waals surface area contributed by atoms with Crippen LogP contribution in [-0.2, 0) is 65.2 Å². The van der Waals surface area contributed by atoms with Crippen LogP contribution in [0.5, 0.6) is 0 Å². The summed E-state index contributed by atoms with van der Waals surface area (Å²) in [4.78, 5) is 133. The Morgan fingerprint density at radius 2 is 0.991 bits per heavy atom. The summed E-state index contributed by atoms with van der Waals surface area (Å²) in [7, 11) is -0.510. The first-order valence-corrected chi connectivity index (χ1v) is 42.9. The number of aryl methyl sites for hydroxylation is 2. The number of carbonyl (C=O) groups is 10. The molecule has 0 spiro atoms. The van der Waals surface area contributed by atoms with Crippen molar-refractivity contribution in [3.8, 4) is 22.3 Å². The fourth-order valence-electron chi connectivity index (χ4n) is 17.4. The Bertz CT molecular complexity index is 3900. The summed E-state index contributed by atoms with van der Waals surface area (Å²) in [6.45, 7) is 28.4. The van der Waals surface area contributed by atoms with Crippen molar-refractivity contribution in [1.29, 1.82) is 0 Å². The van der Waals surface area contributed by atoms with Crippen LogP contribution in [0.4, 0.5) is 0 Å². The topological polar surface area (TPSA) is 337 Å². The summed E-state index contributed by atoms with van der Waals surface area (Å²) >= 11 is 0. The van der Waals surface area contributed by atoms with Crippen LogP contribution < -0.4 is 37.6 Å². The number of amides is 4. The van der Waals surface area contributed by atoms with E-state index in [-0.39, 0.29) is 95.9 Å². The number of unbranched alkanes of at least 4 members (excludes halogenated alkanes) is 5. The second-order valence-corrected chi connectivity index (χ2v) is 35.7. The van der Waals surface area contributed by atoms with Crippen LogP contribution in [0.1, 0.15) is 257 Å². The van der Waals surface area contributed by atoms with Crippen molar-refractivity contribution < 1.29 is 72.2 Å². The first kappa shape index (κ1) is 92.9. The van der Waals surface area contributed by atoms with Crippen molar-refractivity contribution in [2.45, 2.75) is 310 Å². The number of carboxylic acids is 1. The lowest BCUT2D eigenvalue weighted by Crippen LogP contribution is -2.65. The van der Waals surface area contributed by atoms with E-state index in [9.17, 15) is 58.2 Å². The number of nitrogens with two attached hydrogens (primary N) is 1. The molecule has 23 heteroatoms. The van der Waals surface area contributed by atoms with Crippen molar-refractivity contribution >= 4 is 65.6 Å². The number of hydrogen-bond donors (Lipinski definition) is 9. The van der Waals surface area contributed by atoms with Crippen LogP contribution in [0.25, 0.3) is 22.3 Å². The van der Waals surface area contributed by atoms with Gasteiger partial charge >= 0.3 is 13.1 Å². The van der Waals surface area contributed by atoms with Crippen LogP contribution in [-0.4, -0.2) is 161 Å². The smallest absolute Gasteiger partial charge is 0.461 e. The summed E-state index contributed by atoms with van der Waals surface area (Å²) in [5.41, 5.74) is 13.2. The third kappa shape index (κ3) is 26.2. The number of hydrogen-bond acceptors (Lipinski definition) is 17. The average Bonchev–Trinajstić information content (AvgIpc) is 1.60. The molecule has 0 radical (unpaired) electrons. The molecule has 0 aromatic heterocycles. The Morgan fingerprint density at radius 3 is 1.43 bits per heavy atom. The molecule has 10 rings (SSSR count). The van der Waals surface area contributed by atoms with E-state index in [0.717, 1.165) is 80.0 Å². The van der Waals surface area contributed by atoms with Gasteiger partial charge in [0.25, 0.3) is 0 Å². The SMILES string of the molecule is CCCCC[C@H](NC(=O)[C@H](C)CC(=O)[C@@H](NC(=O)[C@@H]1C[C@H](CC(=O)c2ccc(-c3ccc(CCCC)cc3)cc2)CN1)[C@@H](C)OC(C)(C)C)C(=O)O.CCCCc1ccc(-c2ccc(C(=O)C[C@@H]3CN[C@H](C(=O)N[C@H](C(=O)C[C@@H](C)C(=O)N[C@@H](CCCCN)C(=O)C[C@@H](C)B4OC5C[C@@H]6C[C@@H](C6(C)C)[C@]5(C)O4)[C@@H](C)O)C3)cc2)cc1. The largest absolute Gasteiger partial charge is 0.480 e. The number of carboxylic acid groups (broad SMARTS) is 1. The van der Waals surface area contributed by atoms with Gasteiger partial charge < -0.3 is 61.9 Å². The maximum absolute atomic E-state index is 13.8. The normalized spacial score (nSPS) is 23.0. The predicted octanol–water partition coefficient (Wildman–Crippen LogP) is 13.1. The zero-order valence-corrected chi connectivity index (χ0v) is 71.0. The molecule has 1 unspecified atom stereocenters. The molecule has 3 heterocycles. The summed E-state index contributed by atoms with van der Waals surface area (Å²) < 4.78 is 19.1. The standard InChI is InChI=1S/C50H73BN4O8.C42H61N3O7/c1-8-9-12-33-14-16-35(17-15-33)36-18-20-37(21-19-36)41(57)26-34-25-40(53-29-34)48(61)55-46(32(4)56)43(59)23-30(2)47(60)54-39(13-10-11-22-52)42(58)24-31(3)51-62-45-28-38-27-44(49(38,5)6)50(45,7)63-51;1-8-10-12-14-34(41(50)51)44-39(48)27(3)23-37(47)38(28(4)52-42(5,6)7)45-40(49)35-24-30(26-43-35)25-36(46)33-21-19-32(20-22-33)31-17-15-29(16-18-31)13-11-9-2/h14-21,30-32,34,38-40,44-46,53,56H,8-13,22-29,52H2,1-7H3,(H,54,60)(H,55,61);15-22,27-28,30,34-35,38,43H,8-14,23-26H2,1-7H3,(H,44,48)(H,45,49)(H,50,51)/t30-,31-,32-,34-,38+,39+,40+,44+,45?,46+,50+;27-,28-,30-,34+,35+,38+/m11/s1. The van der Waals surface area contributed by atoms with Crippen molar-refractivity contribution in [1.82, 2.24) is 31.9 Å². The van der Waals surface area contributed by atoms with E-state index < -0.39 is 102 Å². The van der Waals surface area contributed by atoms with Gasteiger partial charge in [-0.1, -0.05) is 185 Å². The minimum Gasteiger partial charge on any atom is -0.480 e. The van der Waals surface area contributed by atoms with E-state index in [0.29, 0.717) is 87.5 Å². The first-order chi connectivity index (χ1) is 54.6. The number of aliphatic hydroxyl groups excluding tert-OH is 1. The molecule has 2 bridgehead atoms. The van der Waals surface area contributed by atoms with Gasteiger partial charge in [-0.2, -0.15) is 0 Å². The lowest BCUT2D eigenvalue weighted by atomic mass is 9.43. The Morgan fingerprint density at radius 1 is 0.557 bits per heavy atom. The van der Waals surface area contributed by atoms with Crippen LogP contribution >= 0.6 is 0 Å². The van der Waals surface area contributed by atoms with E-state index >= 15 is 0 Å². The third-order valence-corrected chi connectivity index (χ3v) is 24.7. The predicted molar refractivity (Wildman–Crippen MR) is 450 cm³/mol. The van der Waals surface area contributed by atoms with Gasteiger partial charge in [0.2, 0.25) is 23.6 Å². The molecule has 3 saturated carbocycles. The lowest BCUT2D eigenvalue weighted by molar-refractivity contribution is -0.199. The Balaban J connectivity index is 0.000000293. The number of rotatable bonds is 44. The van der Waals surface area contributed by atoms with Crippen LogP contribution in [0.15, 0.2) is 97.1 Å². The van der Waals surface area contributed by atoms with E-state index in [1.54, 1.807) is 20.8 Å². The number of ketones is 5. The fourth-order valence-corrected chi connectivity index (χ4v) is 17.4. The van der Waals surface area contributed by atoms with Crippen LogP contribution in [0.3, 0.4) is 0 Å². The summed E-state index contributed by atoms with van der Waals surface area (Å²) in [6.07, 6.45) is 12.6. The van der Waals surface area contributed by atoms with E-state index in [1.807, 2.05) is 83.1 Å². The maximum atomic E-state index is 13.8. The molecule has 630 valence electrons. The first-order valence-electron chi connectivity index (χ1n) is 42.9. The summed E-state index contributed by atoms with van der Waals surface area (Å²) in [5.74, 6) is -4.90. The van der Waals surface area contributed by atoms with Crippen molar-refractivity contribution in [3.05, 3.63) is 119 Å². The van der Waals surface area contributed by atoms with Gasteiger partial charge in [-0.25, -0.2) is 4.79 Å². The fraction of sp³-hybridized carbons (Fsp3) is 0.630. The lowest BCUT2D eigenvalue weighted by Gasteiger charge is -2.64. The zero-order chi connectivity index (χ0) is 84.1. The van der Waals surface area contributed by atoms with Crippen molar-refractivity contribution in [3.63, 3.8) is 0 Å². The van der Waals surface area contributed by atoms with Gasteiger partial charge in [0.1, 0.15) is 18.1 Å². The van der Waals surface area contributed by atoms with Crippen molar-refractivity contribution in [2.24, 2.45) is 46.7 Å². The van der Waals surface area contributed by atoms with Gasteiger partial charge in [0.15, 0.2) is 28.9 Å². The summed E-state index contributed by atoms with van der Waals surface area (Å²) in [6, 6.07) is 27.1. The molecular weight excluding hydrogens is 1450 g/mol. The van der Waals surface area contributed by atoms with Crippen molar-refractivity contribution in [2.75, 3.05) is 19.6 Å². The quantitative estimate of drug-likeness (QED) is 0.0113. The number of ether oxygens (including phenoxy) is 1. The van der Waals surface area contributed by atoms with Crippen LogP contribution in [0, 0.1) is 40.9 Å². The van der Waals surface area contributed by atoms with Gasteiger partial charge in [0.05, 0.1) is 47.6 Å². The Labute approximate surface area is 683 Å². The monoisotopic (exact) mass is 1590 g/mol. The molecule has 6 aliphatic rings. The molecule has 3 saturated heterocycles. The highest BCUT2D eigenvalue weighted by atomic mass is 16.7. The molecule has 115 heavy (non-hydrogen) atoms. The molecule has 4 aromatic carbocycles. The third-order valence-electron chi connectivity index (χ3n) is 24.7. The molecular formula is C92H134BN7O15. The Kier molecular flexibility index (Phi) is 34.9. The van der Waals surface area contributed by atoms with Gasteiger partial charge in [-0.05, 0) is 207 Å². The summed E-state index contributed by atoms with van der Waals surface area (Å²) in [5, 5.41) is 37.7. The molecule has 4 amide bonds. The molecule has 17 atom stereocenters. The average molecular weight is 1590 g/mol. The minimum atomic E-state index is -1.24. The zero-order valence-electron chi connectivity index (χ0n) is 71.0. The highest BCUT2D eigenvalue weighted by molar-refractivity contribution is 6.47. The maximum Gasteiger partial charge on any atom is 0.461 e. The molecule has 3 aliphatic carbocycles. The van der Waals surface area contributed by atoms with Gasteiger partial charge in [-0.15, -0.1) is 0 Å². The minimum absolute atomic E-state index is 0.00415. The Hall–Kier alpha value is -7.64. The number of carbonyl (C=O) groups excluding carboxylic acids is 9. The number of Topliss-reactive ketones (excluding diaryl/α,β-unsaturated/α-hetero) is 5. The van der Waals surface area contributed by atoms with Gasteiger partial charge in [-0.3, -0.25) is 43.2 Å². The highest BCUT2D eigenvalue weighted by Crippen LogP contribution is 2.66. The molecule has 4 aromatic rings. The van der Waals surface area contributed by atoms with E-state index in [1.165, 1.54) is 24.5 Å². The number of benzene rings is 4. The second-order valence-electron chi connectivity index (χ2n) is 35.7. The number of aliphatic hydroxyl groups is 1. The molecule has 3 aliphatic heterocycles. The second kappa shape index (κ2) is 43.2. The molecule has 10 N–H and O–H groups in total. The van der Waals surface area contributed by atoms with E-state index in [2.05, 4.69) is 115 Å². The van der Waals surface area contributed by atoms with Gasteiger partial charge in [0, 0.05) is 55.1 Å². The van der Waals surface area contributed by atoms with E-state index in [4.69, 9.17) is 19.8 Å².